The average molecular weight is 260 g/mol. The van der Waals surface area contributed by atoms with Crippen molar-refractivity contribution in [2.75, 3.05) is 0 Å². The van der Waals surface area contributed by atoms with Gasteiger partial charge in [-0.1, -0.05) is 73.6 Å². The van der Waals surface area contributed by atoms with E-state index in [4.69, 9.17) is 4.65 Å². The first kappa shape index (κ1) is 12.8. The molecule has 0 amide bonds. The molecule has 98 valence electrons. The molecular weight excluding hydrogens is 243 g/mol. The molecule has 1 heterocycles. The highest BCUT2D eigenvalue weighted by Gasteiger charge is 2.20. The number of benzene rings is 2. The van der Waals surface area contributed by atoms with E-state index in [0.717, 1.165) is 17.6 Å². The monoisotopic (exact) mass is 260 g/mol. The Morgan fingerprint density at radius 1 is 0.850 bits per heavy atom. The molecule has 0 bridgehead atoms. The molecule has 0 aromatic heterocycles. The van der Waals surface area contributed by atoms with Crippen LogP contribution in [0.15, 0.2) is 72.7 Å². The molecule has 0 saturated heterocycles. The van der Waals surface area contributed by atoms with Crippen molar-refractivity contribution in [3.05, 3.63) is 83.8 Å². The van der Waals surface area contributed by atoms with E-state index in [9.17, 15) is 0 Å². The lowest BCUT2D eigenvalue weighted by Crippen LogP contribution is -2.17. The standard InChI is InChI=1S/C18H17BO/c1-2-19-14-17(15-9-5-3-6-10-15)13-18(20-19)16-11-7-4-8-12-16/h3-14H,2H2,1H3. The molecule has 0 radical (unpaired) electrons. The molecule has 1 nitrogen and oxygen atoms in total. The van der Waals surface area contributed by atoms with Crippen molar-refractivity contribution in [2.24, 2.45) is 0 Å². The Kier molecular flexibility index (Phi) is 3.73. The summed E-state index contributed by atoms with van der Waals surface area (Å²) < 4.78 is 6.06. The van der Waals surface area contributed by atoms with Crippen LogP contribution in [0.25, 0.3) is 11.3 Å². The summed E-state index contributed by atoms with van der Waals surface area (Å²) in [7, 11) is 0. The SMILES string of the molecule is CCB1C=C(c2ccccc2)C=C(c2ccccc2)O1. The van der Waals surface area contributed by atoms with Gasteiger partial charge in [0.1, 0.15) is 5.76 Å². The van der Waals surface area contributed by atoms with Crippen molar-refractivity contribution >= 4 is 18.2 Å². The molecule has 0 fully saturated rings. The van der Waals surface area contributed by atoms with E-state index < -0.39 is 0 Å². The van der Waals surface area contributed by atoms with Gasteiger partial charge < -0.3 is 4.65 Å². The van der Waals surface area contributed by atoms with Gasteiger partial charge in [0, 0.05) is 5.56 Å². The molecule has 2 aromatic rings. The van der Waals surface area contributed by atoms with Crippen LogP contribution in [-0.4, -0.2) is 6.92 Å². The van der Waals surface area contributed by atoms with E-state index in [0.29, 0.717) is 0 Å². The van der Waals surface area contributed by atoms with Gasteiger partial charge in [-0.15, -0.1) is 0 Å². The number of hydrogen-bond donors (Lipinski definition) is 0. The molecule has 20 heavy (non-hydrogen) atoms. The van der Waals surface area contributed by atoms with Crippen LogP contribution in [-0.2, 0) is 4.65 Å². The van der Waals surface area contributed by atoms with Crippen LogP contribution in [0.3, 0.4) is 0 Å². The van der Waals surface area contributed by atoms with Gasteiger partial charge in [0.15, 0.2) is 0 Å². The highest BCUT2D eigenvalue weighted by Crippen LogP contribution is 2.29. The number of rotatable bonds is 3. The molecule has 1 aliphatic heterocycles. The van der Waals surface area contributed by atoms with E-state index in [1.807, 2.05) is 24.3 Å². The third-order valence-electron chi connectivity index (χ3n) is 3.50. The molecule has 1 aliphatic rings. The fourth-order valence-electron chi connectivity index (χ4n) is 2.39. The van der Waals surface area contributed by atoms with E-state index >= 15 is 0 Å². The topological polar surface area (TPSA) is 9.23 Å². The maximum Gasteiger partial charge on any atom is 0.384 e. The Bertz CT molecular complexity index is 629. The van der Waals surface area contributed by atoms with Crippen LogP contribution in [0, 0.1) is 0 Å². The van der Waals surface area contributed by atoms with Gasteiger partial charge in [-0.3, -0.25) is 0 Å². The highest BCUT2D eigenvalue weighted by molar-refractivity contribution is 6.60. The Morgan fingerprint density at radius 2 is 1.45 bits per heavy atom. The molecule has 2 heteroatoms. The Hall–Kier alpha value is -2.22. The average Bonchev–Trinajstić information content (AvgIpc) is 2.56. The molecule has 0 spiro atoms. The maximum atomic E-state index is 6.06. The molecule has 0 atom stereocenters. The molecule has 0 aliphatic carbocycles. The second-order valence-electron chi connectivity index (χ2n) is 4.93. The minimum atomic E-state index is 0.144. The zero-order valence-electron chi connectivity index (χ0n) is 11.6. The van der Waals surface area contributed by atoms with Crippen LogP contribution in [0.2, 0.25) is 6.32 Å². The lowest BCUT2D eigenvalue weighted by Gasteiger charge is -2.21. The van der Waals surface area contributed by atoms with Gasteiger partial charge in [0.05, 0.1) is 0 Å². The first-order valence-corrected chi connectivity index (χ1v) is 7.08. The van der Waals surface area contributed by atoms with Gasteiger partial charge in [-0.05, 0) is 23.5 Å². The number of hydrogen-bond acceptors (Lipinski definition) is 1. The van der Waals surface area contributed by atoms with E-state index in [1.165, 1.54) is 11.1 Å². The summed E-state index contributed by atoms with van der Waals surface area (Å²) in [6.07, 6.45) is 3.11. The minimum absolute atomic E-state index is 0.144. The summed E-state index contributed by atoms with van der Waals surface area (Å²) >= 11 is 0. The summed E-state index contributed by atoms with van der Waals surface area (Å²) in [6.45, 7) is 2.29. The van der Waals surface area contributed by atoms with Gasteiger partial charge in [0.2, 0.25) is 0 Å². The highest BCUT2D eigenvalue weighted by atomic mass is 16.4. The van der Waals surface area contributed by atoms with Crippen molar-refractivity contribution in [1.29, 1.82) is 0 Å². The molecular formula is C18H17BO. The fourth-order valence-corrected chi connectivity index (χ4v) is 2.39. The lowest BCUT2D eigenvalue weighted by atomic mass is 9.62. The zero-order valence-corrected chi connectivity index (χ0v) is 11.6. The second-order valence-corrected chi connectivity index (χ2v) is 4.93. The Balaban J connectivity index is 2.00. The van der Waals surface area contributed by atoms with Gasteiger partial charge in [-0.25, -0.2) is 0 Å². The normalized spacial score (nSPS) is 14.3. The van der Waals surface area contributed by atoms with Gasteiger partial charge >= 0.3 is 6.92 Å². The second kappa shape index (κ2) is 5.83. The summed E-state index contributed by atoms with van der Waals surface area (Å²) in [5.41, 5.74) is 3.61. The van der Waals surface area contributed by atoms with E-state index in [2.05, 4.69) is 55.4 Å². The van der Waals surface area contributed by atoms with Crippen LogP contribution in [0.4, 0.5) is 0 Å². The molecule has 0 saturated carbocycles. The van der Waals surface area contributed by atoms with Crippen LogP contribution in [0.5, 0.6) is 0 Å². The predicted molar refractivity (Wildman–Crippen MR) is 86.2 cm³/mol. The van der Waals surface area contributed by atoms with Crippen molar-refractivity contribution in [2.45, 2.75) is 13.2 Å². The zero-order chi connectivity index (χ0) is 13.8. The first-order valence-electron chi connectivity index (χ1n) is 7.08. The van der Waals surface area contributed by atoms with Gasteiger partial charge in [-0.2, -0.15) is 0 Å². The van der Waals surface area contributed by atoms with Crippen LogP contribution < -0.4 is 0 Å². The van der Waals surface area contributed by atoms with Crippen LogP contribution in [0.1, 0.15) is 18.1 Å². The molecule has 0 N–H and O–H groups in total. The lowest BCUT2D eigenvalue weighted by molar-refractivity contribution is 0.533. The van der Waals surface area contributed by atoms with Gasteiger partial charge in [0.25, 0.3) is 0 Å². The fraction of sp³-hybridized carbons (Fsp3) is 0.111. The predicted octanol–water partition coefficient (Wildman–Crippen LogP) is 4.69. The molecule has 3 rings (SSSR count). The third-order valence-corrected chi connectivity index (χ3v) is 3.50. The van der Waals surface area contributed by atoms with Crippen molar-refractivity contribution in [3.63, 3.8) is 0 Å². The minimum Gasteiger partial charge on any atom is -0.556 e. The molecule has 2 aromatic carbocycles. The quantitative estimate of drug-likeness (QED) is 0.727. The van der Waals surface area contributed by atoms with Crippen molar-refractivity contribution in [3.8, 4) is 0 Å². The Labute approximate surface area is 120 Å². The summed E-state index contributed by atoms with van der Waals surface area (Å²) in [5.74, 6) is 3.17. The van der Waals surface area contributed by atoms with E-state index in [-0.39, 0.29) is 6.92 Å². The van der Waals surface area contributed by atoms with Crippen molar-refractivity contribution in [1.82, 2.24) is 0 Å². The largest absolute Gasteiger partial charge is 0.556 e. The first-order chi connectivity index (χ1) is 9.86. The van der Waals surface area contributed by atoms with Crippen LogP contribution >= 0.6 is 0 Å². The smallest absolute Gasteiger partial charge is 0.384 e. The summed E-state index contributed by atoms with van der Waals surface area (Å²) in [4.78, 5) is 0. The van der Waals surface area contributed by atoms with E-state index in [1.54, 1.807) is 0 Å². The van der Waals surface area contributed by atoms with Crippen molar-refractivity contribution < 1.29 is 4.65 Å². The maximum absolute atomic E-state index is 6.06. The molecule has 0 unspecified atom stereocenters. The summed E-state index contributed by atoms with van der Waals surface area (Å²) in [6, 6.07) is 20.8. The number of allylic oxidation sites excluding steroid dienone is 2. The Morgan fingerprint density at radius 3 is 2.05 bits per heavy atom. The summed E-state index contributed by atoms with van der Waals surface area (Å²) in [5, 5.41) is 0. The third kappa shape index (κ3) is 2.69.